The second kappa shape index (κ2) is 6.51. The van der Waals surface area contributed by atoms with Crippen molar-refractivity contribution in [3.05, 3.63) is 29.9 Å². The van der Waals surface area contributed by atoms with Crippen LogP contribution in [0.1, 0.15) is 31.2 Å². The molecule has 1 amide bonds. The Labute approximate surface area is 139 Å². The third kappa shape index (κ3) is 3.20. The van der Waals surface area contributed by atoms with E-state index in [0.29, 0.717) is 42.0 Å². The summed E-state index contributed by atoms with van der Waals surface area (Å²) in [7, 11) is 0. The fourth-order valence-corrected chi connectivity index (χ4v) is 3.02. The van der Waals surface area contributed by atoms with Crippen molar-refractivity contribution in [3.8, 4) is 11.7 Å². The number of oxazole rings is 1. The van der Waals surface area contributed by atoms with Crippen molar-refractivity contribution in [2.75, 3.05) is 6.54 Å². The van der Waals surface area contributed by atoms with Gasteiger partial charge in [0.15, 0.2) is 5.76 Å². The smallest absolute Gasteiger partial charge is 0.326 e. The Hall–Kier alpha value is -2.57. The van der Waals surface area contributed by atoms with E-state index in [1.807, 2.05) is 6.92 Å². The number of likely N-dealkylation sites (tertiary alicyclic amines) is 1. The van der Waals surface area contributed by atoms with Crippen LogP contribution in [0.4, 0.5) is 0 Å². The molecule has 0 spiro atoms. The van der Waals surface area contributed by atoms with Crippen LogP contribution in [0.3, 0.4) is 0 Å². The second-order valence-corrected chi connectivity index (χ2v) is 6.25. The number of amides is 1. The highest BCUT2D eigenvalue weighted by Crippen LogP contribution is 2.25. The summed E-state index contributed by atoms with van der Waals surface area (Å²) < 4.78 is 10.8. The molecule has 7 nitrogen and oxygen atoms in total. The number of nitrogens with zero attached hydrogens (tertiary/aromatic N) is 2. The van der Waals surface area contributed by atoms with Crippen molar-refractivity contribution in [2.45, 2.75) is 39.2 Å². The molecular weight excluding hydrogens is 312 g/mol. The first-order valence-corrected chi connectivity index (χ1v) is 7.98. The maximum atomic E-state index is 12.6. The minimum atomic E-state index is -0.956. The molecule has 1 aliphatic heterocycles. The van der Waals surface area contributed by atoms with Gasteiger partial charge in [-0.3, -0.25) is 4.79 Å². The lowest BCUT2D eigenvalue weighted by Gasteiger charge is -2.36. The molecule has 7 heteroatoms. The summed E-state index contributed by atoms with van der Waals surface area (Å²) in [4.78, 5) is 29.8. The maximum Gasteiger partial charge on any atom is 0.326 e. The van der Waals surface area contributed by atoms with Crippen molar-refractivity contribution in [2.24, 2.45) is 5.92 Å². The van der Waals surface area contributed by atoms with Gasteiger partial charge < -0.3 is 18.8 Å². The lowest BCUT2D eigenvalue weighted by molar-refractivity contribution is -0.152. The molecule has 1 fully saturated rings. The maximum absolute atomic E-state index is 12.6. The summed E-state index contributed by atoms with van der Waals surface area (Å²) in [6, 6.07) is 2.69. The van der Waals surface area contributed by atoms with E-state index in [2.05, 4.69) is 4.98 Å². The van der Waals surface area contributed by atoms with E-state index >= 15 is 0 Å². The number of furan rings is 1. The lowest BCUT2D eigenvalue weighted by atomic mass is 9.92. The molecule has 2 aromatic rings. The Morgan fingerprint density at radius 1 is 1.46 bits per heavy atom. The Morgan fingerprint density at radius 3 is 2.92 bits per heavy atom. The van der Waals surface area contributed by atoms with Crippen molar-refractivity contribution >= 4 is 11.9 Å². The number of hydrogen-bond donors (Lipinski definition) is 1. The SMILES string of the molecule is Cc1oc(-c2ccco2)nc1CC(=O)N1CCC(C)CC1C(=O)O. The molecule has 0 saturated carbocycles. The molecule has 128 valence electrons. The largest absolute Gasteiger partial charge is 0.480 e. The first-order chi connectivity index (χ1) is 11.5. The number of piperidine rings is 1. The number of rotatable bonds is 4. The topological polar surface area (TPSA) is 96.8 Å². The average Bonchev–Trinajstić information content (AvgIpc) is 3.17. The zero-order valence-electron chi connectivity index (χ0n) is 13.7. The van der Waals surface area contributed by atoms with Gasteiger partial charge in [0, 0.05) is 6.54 Å². The summed E-state index contributed by atoms with van der Waals surface area (Å²) >= 11 is 0. The molecule has 1 N–H and O–H groups in total. The fraction of sp³-hybridized carbons (Fsp3) is 0.471. The second-order valence-electron chi connectivity index (χ2n) is 6.25. The van der Waals surface area contributed by atoms with Gasteiger partial charge in [0.05, 0.1) is 18.4 Å². The molecule has 0 bridgehead atoms. The van der Waals surface area contributed by atoms with Crippen molar-refractivity contribution < 1.29 is 23.5 Å². The quantitative estimate of drug-likeness (QED) is 0.924. The molecule has 0 aromatic carbocycles. The molecule has 1 aliphatic rings. The minimum absolute atomic E-state index is 0.0220. The van der Waals surface area contributed by atoms with E-state index < -0.39 is 12.0 Å². The van der Waals surface area contributed by atoms with E-state index in [4.69, 9.17) is 8.83 Å². The van der Waals surface area contributed by atoms with E-state index in [-0.39, 0.29) is 12.3 Å². The molecular formula is C17H20N2O5. The predicted molar refractivity (Wildman–Crippen MR) is 84.2 cm³/mol. The third-order valence-electron chi connectivity index (χ3n) is 4.41. The van der Waals surface area contributed by atoms with E-state index in [1.54, 1.807) is 19.1 Å². The Bertz CT molecular complexity index is 734. The van der Waals surface area contributed by atoms with E-state index in [9.17, 15) is 14.7 Å². The van der Waals surface area contributed by atoms with Crippen LogP contribution in [-0.4, -0.2) is 39.5 Å². The summed E-state index contributed by atoms with van der Waals surface area (Å²) in [5.74, 6) is 0.454. The normalized spacial score (nSPS) is 21.0. The van der Waals surface area contributed by atoms with Gasteiger partial charge in [-0.1, -0.05) is 6.92 Å². The van der Waals surface area contributed by atoms with Gasteiger partial charge in [-0.2, -0.15) is 0 Å². The Morgan fingerprint density at radius 2 is 2.25 bits per heavy atom. The van der Waals surface area contributed by atoms with Crippen LogP contribution in [-0.2, 0) is 16.0 Å². The van der Waals surface area contributed by atoms with E-state index in [1.165, 1.54) is 11.2 Å². The van der Waals surface area contributed by atoms with Gasteiger partial charge in [0.1, 0.15) is 11.8 Å². The number of carboxylic acids is 1. The predicted octanol–water partition coefficient (Wildman–Crippen LogP) is 2.50. The molecule has 0 radical (unpaired) electrons. The first-order valence-electron chi connectivity index (χ1n) is 7.98. The van der Waals surface area contributed by atoms with Gasteiger partial charge in [0.25, 0.3) is 5.89 Å². The molecule has 2 atom stereocenters. The number of aromatic nitrogens is 1. The average molecular weight is 332 g/mol. The van der Waals surface area contributed by atoms with Crippen LogP contribution in [0.25, 0.3) is 11.7 Å². The Kier molecular flexibility index (Phi) is 4.42. The molecule has 24 heavy (non-hydrogen) atoms. The monoisotopic (exact) mass is 332 g/mol. The van der Waals surface area contributed by atoms with Crippen molar-refractivity contribution in [1.29, 1.82) is 0 Å². The van der Waals surface area contributed by atoms with Gasteiger partial charge in [0.2, 0.25) is 5.91 Å². The Balaban J connectivity index is 1.76. The fourth-order valence-electron chi connectivity index (χ4n) is 3.02. The highest BCUT2D eigenvalue weighted by molar-refractivity contribution is 5.85. The summed E-state index contributed by atoms with van der Waals surface area (Å²) in [5, 5.41) is 9.38. The minimum Gasteiger partial charge on any atom is -0.480 e. The van der Waals surface area contributed by atoms with Gasteiger partial charge in [-0.15, -0.1) is 0 Å². The van der Waals surface area contributed by atoms with Crippen LogP contribution < -0.4 is 0 Å². The highest BCUT2D eigenvalue weighted by Gasteiger charge is 2.35. The number of hydrogen-bond acceptors (Lipinski definition) is 5. The highest BCUT2D eigenvalue weighted by atomic mass is 16.4. The van der Waals surface area contributed by atoms with E-state index in [0.717, 1.165) is 6.42 Å². The van der Waals surface area contributed by atoms with Crippen molar-refractivity contribution in [1.82, 2.24) is 9.88 Å². The molecule has 3 heterocycles. The third-order valence-corrected chi connectivity index (χ3v) is 4.41. The molecule has 3 rings (SSSR count). The number of carbonyl (C=O) groups is 2. The van der Waals surface area contributed by atoms with Crippen LogP contribution in [0.15, 0.2) is 27.2 Å². The van der Waals surface area contributed by atoms with Crippen LogP contribution in [0.5, 0.6) is 0 Å². The first kappa shape index (κ1) is 16.3. The van der Waals surface area contributed by atoms with Gasteiger partial charge >= 0.3 is 5.97 Å². The molecule has 0 aliphatic carbocycles. The number of aliphatic carboxylic acids is 1. The lowest BCUT2D eigenvalue weighted by Crippen LogP contribution is -2.50. The molecule has 2 aromatic heterocycles. The number of carboxylic acid groups (broad SMARTS) is 1. The zero-order valence-corrected chi connectivity index (χ0v) is 13.7. The van der Waals surface area contributed by atoms with Crippen LogP contribution >= 0.6 is 0 Å². The zero-order chi connectivity index (χ0) is 17.3. The summed E-state index contributed by atoms with van der Waals surface area (Å²) in [6.45, 7) is 4.20. The van der Waals surface area contributed by atoms with Crippen LogP contribution in [0.2, 0.25) is 0 Å². The number of aryl methyl sites for hydroxylation is 1. The van der Waals surface area contributed by atoms with Gasteiger partial charge in [-0.05, 0) is 37.8 Å². The summed E-state index contributed by atoms with van der Waals surface area (Å²) in [5.41, 5.74) is 0.508. The van der Waals surface area contributed by atoms with Crippen molar-refractivity contribution in [3.63, 3.8) is 0 Å². The molecule has 1 saturated heterocycles. The number of carbonyl (C=O) groups excluding carboxylic acids is 1. The molecule has 2 unspecified atom stereocenters. The van der Waals surface area contributed by atoms with Crippen LogP contribution in [0, 0.1) is 12.8 Å². The van der Waals surface area contributed by atoms with Gasteiger partial charge in [-0.25, -0.2) is 9.78 Å². The summed E-state index contributed by atoms with van der Waals surface area (Å²) in [6.07, 6.45) is 2.84. The standard InChI is InChI=1S/C17H20N2O5/c1-10-5-6-19(13(8-10)17(21)22)15(20)9-12-11(2)24-16(18-12)14-4-3-7-23-14/h3-4,7,10,13H,5-6,8-9H2,1-2H3,(H,21,22).